The molecule has 0 saturated carbocycles. The van der Waals surface area contributed by atoms with Gasteiger partial charge in [-0.15, -0.1) is 0 Å². The monoisotopic (exact) mass is 367 g/mol. The average molecular weight is 368 g/mol. The highest BCUT2D eigenvalue weighted by Gasteiger charge is 2.39. The molecule has 1 aromatic carbocycles. The molecule has 0 unspecified atom stereocenters. The zero-order chi connectivity index (χ0) is 16.3. The second-order valence-corrected chi connectivity index (χ2v) is 7.10. The molecule has 1 saturated heterocycles. The summed E-state index contributed by atoms with van der Waals surface area (Å²) in [6.07, 6.45) is 0. The molecule has 6 heteroatoms. The Morgan fingerprint density at radius 2 is 1.82 bits per heavy atom. The summed E-state index contributed by atoms with van der Waals surface area (Å²) >= 11 is 3.37. The van der Waals surface area contributed by atoms with Crippen LogP contribution in [0.5, 0.6) is 0 Å². The molecule has 0 aliphatic carbocycles. The maximum atomic E-state index is 12.7. The highest BCUT2D eigenvalue weighted by Crippen LogP contribution is 2.24. The second kappa shape index (κ2) is 6.79. The van der Waals surface area contributed by atoms with Gasteiger partial charge in [0.1, 0.15) is 5.41 Å². The van der Waals surface area contributed by atoms with E-state index in [-0.39, 0.29) is 11.8 Å². The molecule has 0 radical (unpaired) electrons. The van der Waals surface area contributed by atoms with Gasteiger partial charge in [0.05, 0.1) is 0 Å². The Balaban J connectivity index is 2.05. The molecule has 2 rings (SSSR count). The minimum atomic E-state index is -1.09. The molecule has 120 valence electrons. The number of halogens is 1. The van der Waals surface area contributed by atoms with E-state index in [0.29, 0.717) is 18.8 Å². The van der Waals surface area contributed by atoms with Crippen LogP contribution < -0.4 is 5.32 Å². The van der Waals surface area contributed by atoms with Gasteiger partial charge in [0.25, 0.3) is 0 Å². The van der Waals surface area contributed by atoms with Crippen molar-refractivity contribution in [3.05, 3.63) is 28.7 Å². The fraction of sp³-hybridized carbons (Fsp3) is 0.500. The predicted molar refractivity (Wildman–Crippen MR) is 90.6 cm³/mol. The Kier molecular flexibility index (Phi) is 5.24. The van der Waals surface area contributed by atoms with Crippen LogP contribution >= 0.6 is 15.9 Å². The molecule has 2 amide bonds. The number of hydrogen-bond acceptors (Lipinski definition) is 3. The molecular formula is C16H22BrN3O2. The normalized spacial score (nSPS) is 16.5. The molecule has 0 bridgehead atoms. The van der Waals surface area contributed by atoms with Crippen molar-refractivity contribution in [2.75, 3.05) is 38.5 Å². The summed E-state index contributed by atoms with van der Waals surface area (Å²) in [7, 11) is 2.03. The molecule has 0 aromatic heterocycles. The summed E-state index contributed by atoms with van der Waals surface area (Å²) in [6.45, 7) is 6.39. The molecule has 1 fully saturated rings. The second-order valence-electron chi connectivity index (χ2n) is 6.18. The van der Waals surface area contributed by atoms with Crippen molar-refractivity contribution in [2.45, 2.75) is 13.8 Å². The van der Waals surface area contributed by atoms with Crippen LogP contribution in [0, 0.1) is 5.41 Å². The van der Waals surface area contributed by atoms with Gasteiger partial charge in [-0.25, -0.2) is 0 Å². The van der Waals surface area contributed by atoms with Crippen LogP contribution in [0.1, 0.15) is 13.8 Å². The average Bonchev–Trinajstić information content (AvgIpc) is 2.47. The highest BCUT2D eigenvalue weighted by atomic mass is 79.9. The number of carbonyl (C=O) groups is 2. The third-order valence-electron chi connectivity index (χ3n) is 3.98. The van der Waals surface area contributed by atoms with Gasteiger partial charge in [-0.1, -0.05) is 22.0 Å². The van der Waals surface area contributed by atoms with Crippen LogP contribution in [-0.2, 0) is 9.59 Å². The third-order valence-corrected chi connectivity index (χ3v) is 4.47. The van der Waals surface area contributed by atoms with Gasteiger partial charge in [-0.2, -0.15) is 0 Å². The summed E-state index contributed by atoms with van der Waals surface area (Å²) in [5.74, 6) is -0.400. The summed E-state index contributed by atoms with van der Waals surface area (Å²) in [5.41, 5.74) is -0.406. The maximum absolute atomic E-state index is 12.7. The van der Waals surface area contributed by atoms with E-state index < -0.39 is 5.41 Å². The first-order valence-corrected chi connectivity index (χ1v) is 8.15. The molecular weight excluding hydrogens is 346 g/mol. The minimum absolute atomic E-state index is 0.118. The summed E-state index contributed by atoms with van der Waals surface area (Å²) in [5, 5.41) is 2.82. The van der Waals surface area contributed by atoms with Gasteiger partial charge < -0.3 is 15.1 Å². The van der Waals surface area contributed by atoms with Crippen LogP contribution in [0.4, 0.5) is 5.69 Å². The molecule has 22 heavy (non-hydrogen) atoms. The van der Waals surface area contributed by atoms with E-state index in [4.69, 9.17) is 0 Å². The lowest BCUT2D eigenvalue weighted by atomic mass is 9.89. The number of rotatable bonds is 3. The van der Waals surface area contributed by atoms with Crippen molar-refractivity contribution in [2.24, 2.45) is 5.41 Å². The molecule has 5 nitrogen and oxygen atoms in total. The predicted octanol–water partition coefficient (Wildman–Crippen LogP) is 2.19. The minimum Gasteiger partial charge on any atom is -0.339 e. The van der Waals surface area contributed by atoms with E-state index in [2.05, 4.69) is 26.1 Å². The first-order chi connectivity index (χ1) is 10.3. The number of hydrogen-bond donors (Lipinski definition) is 1. The molecule has 0 atom stereocenters. The lowest BCUT2D eigenvalue weighted by Crippen LogP contribution is -2.53. The fourth-order valence-corrected chi connectivity index (χ4v) is 2.75. The third kappa shape index (κ3) is 3.87. The van der Waals surface area contributed by atoms with Crippen molar-refractivity contribution in [3.63, 3.8) is 0 Å². The van der Waals surface area contributed by atoms with Crippen LogP contribution in [0.25, 0.3) is 0 Å². The summed E-state index contributed by atoms with van der Waals surface area (Å²) in [6, 6.07) is 7.35. The van der Waals surface area contributed by atoms with Crippen molar-refractivity contribution >= 4 is 33.4 Å². The molecule has 1 N–H and O–H groups in total. The van der Waals surface area contributed by atoms with Gasteiger partial charge in [-0.3, -0.25) is 9.59 Å². The van der Waals surface area contributed by atoms with Crippen molar-refractivity contribution in [3.8, 4) is 0 Å². The number of nitrogens with zero attached hydrogens (tertiary/aromatic N) is 2. The van der Waals surface area contributed by atoms with E-state index in [0.717, 1.165) is 17.6 Å². The number of piperazine rings is 1. The Morgan fingerprint density at radius 1 is 1.18 bits per heavy atom. The number of carbonyl (C=O) groups excluding carboxylic acids is 2. The highest BCUT2D eigenvalue weighted by molar-refractivity contribution is 9.10. The summed E-state index contributed by atoms with van der Waals surface area (Å²) < 4.78 is 0.883. The molecule has 1 aliphatic rings. The first kappa shape index (κ1) is 17.0. The molecule has 1 aromatic rings. The topological polar surface area (TPSA) is 52.7 Å². The number of likely N-dealkylation sites (N-methyl/N-ethyl adjacent to an activating group) is 1. The fourth-order valence-electron chi connectivity index (χ4n) is 2.36. The SMILES string of the molecule is CN1CCN(C(=O)C(C)(C)C(=O)Nc2cccc(Br)c2)CC1. The van der Waals surface area contributed by atoms with Crippen LogP contribution in [0.15, 0.2) is 28.7 Å². The van der Waals surface area contributed by atoms with Gasteiger partial charge in [-0.05, 0) is 39.1 Å². The smallest absolute Gasteiger partial charge is 0.239 e. The maximum Gasteiger partial charge on any atom is 0.239 e. The quantitative estimate of drug-likeness (QED) is 0.833. The van der Waals surface area contributed by atoms with Crippen molar-refractivity contribution in [1.82, 2.24) is 9.80 Å². The molecule has 1 aliphatic heterocycles. The number of nitrogens with one attached hydrogen (secondary N) is 1. The number of benzene rings is 1. The largest absolute Gasteiger partial charge is 0.339 e. The van der Waals surface area contributed by atoms with Crippen molar-refractivity contribution in [1.29, 1.82) is 0 Å². The van der Waals surface area contributed by atoms with Crippen LogP contribution in [0.3, 0.4) is 0 Å². The van der Waals surface area contributed by atoms with Crippen LogP contribution in [-0.4, -0.2) is 54.8 Å². The Bertz CT molecular complexity index is 566. The first-order valence-electron chi connectivity index (χ1n) is 7.35. The van der Waals surface area contributed by atoms with Crippen molar-refractivity contribution < 1.29 is 9.59 Å². The Morgan fingerprint density at radius 3 is 2.41 bits per heavy atom. The van der Waals surface area contributed by atoms with Gasteiger partial charge in [0, 0.05) is 36.3 Å². The standard InChI is InChI=1S/C16H22BrN3O2/c1-16(2,15(22)20-9-7-19(3)8-10-20)14(21)18-13-6-4-5-12(17)11-13/h4-6,11H,7-10H2,1-3H3,(H,18,21). The Hall–Kier alpha value is -1.40. The van der Waals surface area contributed by atoms with E-state index in [1.54, 1.807) is 24.8 Å². The van der Waals surface area contributed by atoms with E-state index in [1.807, 2.05) is 25.2 Å². The van der Waals surface area contributed by atoms with Gasteiger partial charge in [0.2, 0.25) is 11.8 Å². The number of anilines is 1. The van der Waals surface area contributed by atoms with Crippen LogP contribution in [0.2, 0.25) is 0 Å². The molecule has 1 heterocycles. The van der Waals surface area contributed by atoms with E-state index >= 15 is 0 Å². The van der Waals surface area contributed by atoms with E-state index in [9.17, 15) is 9.59 Å². The van der Waals surface area contributed by atoms with E-state index in [1.165, 1.54) is 0 Å². The number of amides is 2. The zero-order valence-electron chi connectivity index (χ0n) is 13.2. The lowest BCUT2D eigenvalue weighted by Gasteiger charge is -2.36. The van der Waals surface area contributed by atoms with Gasteiger partial charge >= 0.3 is 0 Å². The summed E-state index contributed by atoms with van der Waals surface area (Å²) in [4.78, 5) is 29.1. The Labute approximate surface area is 139 Å². The lowest BCUT2D eigenvalue weighted by molar-refractivity contribution is -0.147. The molecule has 0 spiro atoms. The zero-order valence-corrected chi connectivity index (χ0v) is 14.8. The van der Waals surface area contributed by atoms with Gasteiger partial charge in [0.15, 0.2) is 0 Å².